The van der Waals surface area contributed by atoms with E-state index in [1.54, 1.807) is 0 Å². The van der Waals surface area contributed by atoms with Gasteiger partial charge in [0.25, 0.3) is 0 Å². The predicted octanol–water partition coefficient (Wildman–Crippen LogP) is 3.30. The number of rotatable bonds is 5. The van der Waals surface area contributed by atoms with Crippen LogP contribution < -0.4 is 4.74 Å². The van der Waals surface area contributed by atoms with E-state index in [1.165, 1.54) is 0 Å². The van der Waals surface area contributed by atoms with Gasteiger partial charge in [0.2, 0.25) is 5.88 Å². The number of pyridine rings is 1. The van der Waals surface area contributed by atoms with Crippen LogP contribution in [0.15, 0.2) is 12.1 Å². The lowest BCUT2D eigenvalue weighted by Gasteiger charge is -2.19. The van der Waals surface area contributed by atoms with Gasteiger partial charge in [0.15, 0.2) is 0 Å². The van der Waals surface area contributed by atoms with Gasteiger partial charge < -0.3 is 9.84 Å². The summed E-state index contributed by atoms with van der Waals surface area (Å²) < 4.78 is 5.67. The van der Waals surface area contributed by atoms with Crippen molar-refractivity contribution in [3.8, 4) is 5.88 Å². The van der Waals surface area contributed by atoms with Gasteiger partial charge in [0.05, 0.1) is 18.9 Å². The summed E-state index contributed by atoms with van der Waals surface area (Å²) >= 11 is 0. The average Bonchev–Trinajstić information content (AvgIpc) is 2.27. The Bertz CT molecular complexity index is 381. The molecule has 18 heavy (non-hydrogen) atoms. The molecule has 0 aliphatic heterocycles. The molecule has 0 unspecified atom stereocenters. The Kier molecular flexibility index (Phi) is 5.15. The second kappa shape index (κ2) is 6.19. The van der Waals surface area contributed by atoms with Gasteiger partial charge in [-0.05, 0) is 24.0 Å². The zero-order chi connectivity index (χ0) is 13.8. The molecule has 0 aliphatic rings. The fourth-order valence-corrected chi connectivity index (χ4v) is 1.51. The highest BCUT2D eigenvalue weighted by Gasteiger charge is 2.17. The van der Waals surface area contributed by atoms with Gasteiger partial charge in [0, 0.05) is 11.5 Å². The van der Waals surface area contributed by atoms with Crippen LogP contribution in [0.1, 0.15) is 52.3 Å². The van der Waals surface area contributed by atoms with Crippen molar-refractivity contribution in [2.75, 3.05) is 6.61 Å². The third-order valence-electron chi connectivity index (χ3n) is 2.76. The molecule has 0 saturated heterocycles. The molecule has 3 heteroatoms. The Balaban J connectivity index is 2.84. The van der Waals surface area contributed by atoms with Crippen LogP contribution >= 0.6 is 0 Å². The first-order valence-electron chi connectivity index (χ1n) is 6.58. The van der Waals surface area contributed by atoms with Gasteiger partial charge in [0.1, 0.15) is 0 Å². The van der Waals surface area contributed by atoms with Gasteiger partial charge in [-0.25, -0.2) is 4.98 Å². The van der Waals surface area contributed by atoms with Crippen LogP contribution in [0.2, 0.25) is 0 Å². The highest BCUT2D eigenvalue weighted by atomic mass is 16.5. The van der Waals surface area contributed by atoms with Crippen LogP contribution in [-0.4, -0.2) is 16.7 Å². The zero-order valence-electron chi connectivity index (χ0n) is 12.2. The Morgan fingerprint density at radius 1 is 1.28 bits per heavy atom. The minimum absolute atomic E-state index is 0.0200. The number of ether oxygens (including phenoxy) is 1. The van der Waals surface area contributed by atoms with E-state index in [2.05, 4.69) is 39.6 Å². The second-order valence-corrected chi connectivity index (χ2v) is 6.14. The van der Waals surface area contributed by atoms with Crippen LogP contribution in [0, 0.1) is 5.92 Å². The molecule has 0 radical (unpaired) electrons. The summed E-state index contributed by atoms with van der Waals surface area (Å²) in [6.45, 7) is 11.3. The van der Waals surface area contributed by atoms with Crippen LogP contribution in [0.25, 0.3) is 0 Å². The second-order valence-electron chi connectivity index (χ2n) is 6.14. The number of hydrogen-bond donors (Lipinski definition) is 1. The van der Waals surface area contributed by atoms with E-state index in [0.717, 1.165) is 17.7 Å². The molecule has 0 spiro atoms. The van der Waals surface area contributed by atoms with Crippen molar-refractivity contribution in [3.05, 3.63) is 23.4 Å². The number of nitrogens with zero attached hydrogens (tertiary/aromatic N) is 1. The van der Waals surface area contributed by atoms with Crippen LogP contribution in [0.4, 0.5) is 0 Å². The van der Waals surface area contributed by atoms with E-state index >= 15 is 0 Å². The molecular weight excluding hydrogens is 226 g/mol. The topological polar surface area (TPSA) is 42.4 Å². The first-order chi connectivity index (χ1) is 8.32. The molecule has 0 bridgehead atoms. The molecule has 0 aromatic carbocycles. The van der Waals surface area contributed by atoms with Gasteiger partial charge in [-0.1, -0.05) is 34.6 Å². The Hall–Kier alpha value is -1.09. The lowest BCUT2D eigenvalue weighted by Crippen LogP contribution is -2.15. The molecule has 1 rings (SSSR count). The quantitative estimate of drug-likeness (QED) is 0.873. The Labute approximate surface area is 110 Å². The number of hydrogen-bond acceptors (Lipinski definition) is 3. The van der Waals surface area contributed by atoms with Gasteiger partial charge in [-0.3, -0.25) is 0 Å². The van der Waals surface area contributed by atoms with E-state index < -0.39 is 0 Å². The van der Waals surface area contributed by atoms with E-state index in [1.807, 2.05) is 12.1 Å². The summed E-state index contributed by atoms with van der Waals surface area (Å²) in [4.78, 5) is 4.52. The van der Waals surface area contributed by atoms with Crippen molar-refractivity contribution < 1.29 is 9.84 Å². The molecule has 1 aromatic rings. The third kappa shape index (κ3) is 4.65. The molecule has 0 saturated carbocycles. The van der Waals surface area contributed by atoms with Crippen LogP contribution in [0.5, 0.6) is 5.88 Å². The van der Waals surface area contributed by atoms with Crippen molar-refractivity contribution in [2.45, 2.75) is 53.1 Å². The normalized spacial score (nSPS) is 11.9. The van der Waals surface area contributed by atoms with Crippen molar-refractivity contribution in [1.29, 1.82) is 0 Å². The third-order valence-corrected chi connectivity index (χ3v) is 2.76. The van der Waals surface area contributed by atoms with E-state index in [0.29, 0.717) is 18.4 Å². The van der Waals surface area contributed by atoms with E-state index in [4.69, 9.17) is 4.74 Å². The number of aliphatic hydroxyl groups excluding tert-OH is 1. The SMILES string of the molecule is CC(C)CCOc1cc(CO)cc(C(C)(C)C)n1. The molecule has 1 N–H and O–H groups in total. The minimum Gasteiger partial charge on any atom is -0.478 e. The molecule has 0 aliphatic carbocycles. The molecule has 1 heterocycles. The Morgan fingerprint density at radius 2 is 1.94 bits per heavy atom. The predicted molar refractivity (Wildman–Crippen MR) is 73.8 cm³/mol. The average molecular weight is 251 g/mol. The number of aromatic nitrogens is 1. The lowest BCUT2D eigenvalue weighted by molar-refractivity contribution is 0.268. The van der Waals surface area contributed by atoms with E-state index in [9.17, 15) is 5.11 Å². The summed E-state index contributed by atoms with van der Waals surface area (Å²) in [5, 5.41) is 9.28. The van der Waals surface area contributed by atoms with Gasteiger partial charge in [-0.2, -0.15) is 0 Å². The van der Waals surface area contributed by atoms with Crippen molar-refractivity contribution in [2.24, 2.45) is 5.92 Å². The summed E-state index contributed by atoms with van der Waals surface area (Å²) in [5.41, 5.74) is 1.77. The molecular formula is C15H25NO2. The summed E-state index contributed by atoms with van der Waals surface area (Å²) in [7, 11) is 0. The zero-order valence-corrected chi connectivity index (χ0v) is 12.2. The van der Waals surface area contributed by atoms with Crippen molar-refractivity contribution in [3.63, 3.8) is 0 Å². The molecule has 0 atom stereocenters. The first-order valence-corrected chi connectivity index (χ1v) is 6.58. The van der Waals surface area contributed by atoms with Gasteiger partial charge >= 0.3 is 0 Å². The Morgan fingerprint density at radius 3 is 2.44 bits per heavy atom. The van der Waals surface area contributed by atoms with Crippen LogP contribution in [-0.2, 0) is 12.0 Å². The van der Waals surface area contributed by atoms with E-state index in [-0.39, 0.29) is 12.0 Å². The first kappa shape index (κ1) is 15.0. The monoisotopic (exact) mass is 251 g/mol. The molecule has 0 amide bonds. The summed E-state index contributed by atoms with van der Waals surface area (Å²) in [5.74, 6) is 1.24. The molecule has 102 valence electrons. The lowest BCUT2D eigenvalue weighted by atomic mass is 9.91. The van der Waals surface area contributed by atoms with Gasteiger partial charge in [-0.15, -0.1) is 0 Å². The van der Waals surface area contributed by atoms with Crippen LogP contribution in [0.3, 0.4) is 0 Å². The number of aliphatic hydroxyl groups is 1. The van der Waals surface area contributed by atoms with Crippen molar-refractivity contribution >= 4 is 0 Å². The largest absolute Gasteiger partial charge is 0.478 e. The summed E-state index contributed by atoms with van der Waals surface area (Å²) in [6, 6.07) is 3.75. The fraction of sp³-hybridized carbons (Fsp3) is 0.667. The highest BCUT2D eigenvalue weighted by molar-refractivity contribution is 5.28. The molecule has 1 aromatic heterocycles. The minimum atomic E-state index is -0.0403. The van der Waals surface area contributed by atoms with Crippen molar-refractivity contribution in [1.82, 2.24) is 4.98 Å². The molecule has 0 fully saturated rings. The maximum absolute atomic E-state index is 9.28. The fourth-order valence-electron chi connectivity index (χ4n) is 1.51. The highest BCUT2D eigenvalue weighted by Crippen LogP contribution is 2.24. The smallest absolute Gasteiger partial charge is 0.213 e. The standard InChI is InChI=1S/C15H25NO2/c1-11(2)6-7-18-14-9-12(10-17)8-13(16-14)15(3,4)5/h8-9,11,17H,6-7,10H2,1-5H3. The maximum Gasteiger partial charge on any atom is 0.213 e. The maximum atomic E-state index is 9.28. The summed E-state index contributed by atoms with van der Waals surface area (Å²) in [6.07, 6.45) is 1.01. The molecule has 3 nitrogen and oxygen atoms in total.